The number of rotatable bonds is 5. The van der Waals surface area contributed by atoms with Gasteiger partial charge in [-0.05, 0) is 18.4 Å². The van der Waals surface area contributed by atoms with Gasteiger partial charge in [0.1, 0.15) is 5.82 Å². The molecule has 1 aromatic rings. The molecular formula is C13H19Cl2N5. The third-order valence-corrected chi connectivity index (χ3v) is 3.67. The smallest absolute Gasteiger partial charge is 0.191 e. The molecule has 0 amide bonds. The van der Waals surface area contributed by atoms with Crippen LogP contribution in [0.25, 0.3) is 0 Å². The van der Waals surface area contributed by atoms with Crippen LogP contribution in [0.2, 0.25) is 10.0 Å². The predicted octanol–water partition coefficient (Wildman–Crippen LogP) is 2.37. The maximum absolute atomic E-state index is 6.03. The molecule has 0 saturated heterocycles. The van der Waals surface area contributed by atoms with Gasteiger partial charge < -0.3 is 16.0 Å². The Morgan fingerprint density at radius 2 is 2.20 bits per heavy atom. The van der Waals surface area contributed by atoms with Crippen LogP contribution >= 0.6 is 23.2 Å². The minimum atomic E-state index is 0.520. The molecule has 0 radical (unpaired) electrons. The van der Waals surface area contributed by atoms with Crippen LogP contribution in [0.4, 0.5) is 5.82 Å². The van der Waals surface area contributed by atoms with E-state index >= 15 is 0 Å². The van der Waals surface area contributed by atoms with E-state index in [-0.39, 0.29) is 0 Å². The first-order chi connectivity index (χ1) is 9.60. The molecule has 5 nitrogen and oxygen atoms in total. The van der Waals surface area contributed by atoms with Crippen molar-refractivity contribution >= 4 is 35.0 Å². The van der Waals surface area contributed by atoms with E-state index in [0.717, 1.165) is 18.4 Å². The standard InChI is InChI=1S/C13H19Cl2N5/c1-8-5-11(8)20-13(16-2)18-4-3-17-12-10(15)6-9(14)7-19-12/h6-8,11H,3-5H2,1-2H3,(H,17,19)(H2,16,18,20). The second-order valence-corrected chi connectivity index (χ2v) is 5.72. The van der Waals surface area contributed by atoms with Crippen LogP contribution in [0.15, 0.2) is 17.3 Å². The Balaban J connectivity index is 1.70. The van der Waals surface area contributed by atoms with E-state index in [4.69, 9.17) is 23.2 Å². The first-order valence-electron chi connectivity index (χ1n) is 6.62. The van der Waals surface area contributed by atoms with Crippen molar-refractivity contribution in [3.05, 3.63) is 22.3 Å². The summed E-state index contributed by atoms with van der Waals surface area (Å²) in [4.78, 5) is 8.32. The summed E-state index contributed by atoms with van der Waals surface area (Å²) >= 11 is 11.8. The van der Waals surface area contributed by atoms with Gasteiger partial charge in [-0.1, -0.05) is 30.1 Å². The molecule has 1 saturated carbocycles. The van der Waals surface area contributed by atoms with E-state index in [2.05, 4.69) is 32.9 Å². The van der Waals surface area contributed by atoms with Crippen molar-refractivity contribution in [2.45, 2.75) is 19.4 Å². The number of anilines is 1. The van der Waals surface area contributed by atoms with Crippen molar-refractivity contribution in [1.82, 2.24) is 15.6 Å². The molecule has 1 aromatic heterocycles. The number of aliphatic imine (C=N–C) groups is 1. The number of nitrogens with one attached hydrogen (secondary N) is 3. The molecule has 1 aliphatic carbocycles. The zero-order valence-electron chi connectivity index (χ0n) is 11.6. The molecule has 0 spiro atoms. The van der Waals surface area contributed by atoms with Gasteiger partial charge in [-0.3, -0.25) is 4.99 Å². The average Bonchev–Trinajstić information content (AvgIpc) is 3.10. The lowest BCUT2D eigenvalue weighted by molar-refractivity contribution is 0.766. The largest absolute Gasteiger partial charge is 0.367 e. The van der Waals surface area contributed by atoms with Crippen molar-refractivity contribution in [3.63, 3.8) is 0 Å². The summed E-state index contributed by atoms with van der Waals surface area (Å²) in [6, 6.07) is 2.22. The summed E-state index contributed by atoms with van der Waals surface area (Å²) in [7, 11) is 1.77. The summed E-state index contributed by atoms with van der Waals surface area (Å²) < 4.78 is 0. The molecule has 0 aliphatic heterocycles. The van der Waals surface area contributed by atoms with Gasteiger partial charge >= 0.3 is 0 Å². The minimum absolute atomic E-state index is 0.520. The van der Waals surface area contributed by atoms with Crippen LogP contribution in [0.3, 0.4) is 0 Å². The van der Waals surface area contributed by atoms with Gasteiger partial charge in [-0.25, -0.2) is 4.98 Å². The lowest BCUT2D eigenvalue weighted by atomic mass is 10.4. The molecule has 0 bridgehead atoms. The highest BCUT2D eigenvalue weighted by Crippen LogP contribution is 2.28. The van der Waals surface area contributed by atoms with Gasteiger partial charge in [0.15, 0.2) is 5.96 Å². The first kappa shape index (κ1) is 15.2. The highest BCUT2D eigenvalue weighted by atomic mass is 35.5. The highest BCUT2D eigenvalue weighted by Gasteiger charge is 2.33. The van der Waals surface area contributed by atoms with Gasteiger partial charge in [0.2, 0.25) is 0 Å². The zero-order chi connectivity index (χ0) is 14.5. The number of halogens is 2. The number of hydrogen-bond acceptors (Lipinski definition) is 3. The van der Waals surface area contributed by atoms with Crippen LogP contribution in [0.5, 0.6) is 0 Å². The molecule has 1 aliphatic rings. The highest BCUT2D eigenvalue weighted by molar-refractivity contribution is 6.35. The van der Waals surface area contributed by atoms with Gasteiger partial charge in [0, 0.05) is 32.4 Å². The van der Waals surface area contributed by atoms with E-state index in [1.165, 1.54) is 6.42 Å². The second kappa shape index (κ2) is 6.99. The molecule has 2 atom stereocenters. The summed E-state index contributed by atoms with van der Waals surface area (Å²) in [6.45, 7) is 3.64. The lowest BCUT2D eigenvalue weighted by Crippen LogP contribution is -2.41. The molecule has 1 fully saturated rings. The predicted molar refractivity (Wildman–Crippen MR) is 84.8 cm³/mol. The van der Waals surface area contributed by atoms with Crippen molar-refractivity contribution in [1.29, 1.82) is 0 Å². The Morgan fingerprint density at radius 3 is 2.80 bits per heavy atom. The molecule has 2 rings (SSSR count). The Labute approximate surface area is 129 Å². The van der Waals surface area contributed by atoms with Crippen LogP contribution in [-0.2, 0) is 0 Å². The molecule has 1 heterocycles. The fourth-order valence-corrected chi connectivity index (χ4v) is 2.25. The van der Waals surface area contributed by atoms with Crippen molar-refractivity contribution in [2.75, 3.05) is 25.5 Å². The number of hydrogen-bond donors (Lipinski definition) is 3. The normalized spacial score (nSPS) is 21.5. The molecule has 20 heavy (non-hydrogen) atoms. The molecule has 7 heteroatoms. The van der Waals surface area contributed by atoms with E-state index in [9.17, 15) is 0 Å². The molecule has 2 unspecified atom stereocenters. The Bertz CT molecular complexity index is 492. The topological polar surface area (TPSA) is 61.3 Å². The van der Waals surface area contributed by atoms with Crippen molar-refractivity contribution < 1.29 is 0 Å². The quantitative estimate of drug-likeness (QED) is 0.443. The minimum Gasteiger partial charge on any atom is -0.367 e. The zero-order valence-corrected chi connectivity index (χ0v) is 13.1. The molecule has 0 aromatic carbocycles. The summed E-state index contributed by atoms with van der Waals surface area (Å²) in [5.74, 6) is 2.21. The monoisotopic (exact) mass is 315 g/mol. The van der Waals surface area contributed by atoms with Crippen LogP contribution in [-0.4, -0.2) is 37.1 Å². The van der Waals surface area contributed by atoms with Crippen LogP contribution in [0, 0.1) is 5.92 Å². The Morgan fingerprint density at radius 1 is 1.45 bits per heavy atom. The number of aromatic nitrogens is 1. The summed E-state index contributed by atoms with van der Waals surface area (Å²) in [5, 5.41) is 10.8. The molecule has 110 valence electrons. The number of nitrogens with zero attached hydrogens (tertiary/aromatic N) is 2. The molecular weight excluding hydrogens is 297 g/mol. The van der Waals surface area contributed by atoms with Gasteiger partial charge in [0.25, 0.3) is 0 Å². The average molecular weight is 316 g/mol. The third-order valence-electron chi connectivity index (χ3n) is 3.17. The maximum atomic E-state index is 6.03. The van der Waals surface area contributed by atoms with E-state index in [1.807, 2.05) is 0 Å². The Kier molecular flexibility index (Phi) is 5.31. The first-order valence-corrected chi connectivity index (χ1v) is 7.38. The fourth-order valence-electron chi connectivity index (χ4n) is 1.80. The van der Waals surface area contributed by atoms with E-state index in [1.54, 1.807) is 19.3 Å². The van der Waals surface area contributed by atoms with Crippen molar-refractivity contribution in [2.24, 2.45) is 10.9 Å². The Hall–Kier alpha value is -1.20. The fraction of sp³-hybridized carbons (Fsp3) is 0.538. The summed E-state index contributed by atoms with van der Waals surface area (Å²) in [5.41, 5.74) is 0. The van der Waals surface area contributed by atoms with E-state index in [0.29, 0.717) is 28.4 Å². The van der Waals surface area contributed by atoms with Crippen molar-refractivity contribution in [3.8, 4) is 0 Å². The van der Waals surface area contributed by atoms with Crippen LogP contribution in [0.1, 0.15) is 13.3 Å². The number of guanidine groups is 1. The SMILES string of the molecule is CN=C(NCCNc1ncc(Cl)cc1Cl)NC1CC1C. The number of pyridine rings is 1. The van der Waals surface area contributed by atoms with E-state index < -0.39 is 0 Å². The lowest BCUT2D eigenvalue weighted by Gasteiger charge is -2.12. The van der Waals surface area contributed by atoms with Crippen LogP contribution < -0.4 is 16.0 Å². The third kappa shape index (κ3) is 4.42. The molecule has 3 N–H and O–H groups in total. The van der Waals surface area contributed by atoms with Gasteiger partial charge in [-0.15, -0.1) is 0 Å². The van der Waals surface area contributed by atoms with Gasteiger partial charge in [-0.2, -0.15) is 0 Å². The van der Waals surface area contributed by atoms with Gasteiger partial charge in [0.05, 0.1) is 10.0 Å². The second-order valence-electron chi connectivity index (χ2n) is 4.87. The summed E-state index contributed by atoms with van der Waals surface area (Å²) in [6.07, 6.45) is 2.78. The maximum Gasteiger partial charge on any atom is 0.191 e.